The fraction of sp³-hybridized carbons (Fsp3) is 0.615. The molecule has 0 bridgehead atoms. The number of thiophene rings is 1. The molecule has 1 saturated heterocycles. The van der Waals surface area contributed by atoms with Crippen LogP contribution in [-0.4, -0.2) is 29.9 Å². The summed E-state index contributed by atoms with van der Waals surface area (Å²) >= 11 is 7.40. The number of nitrogens with zero attached hydrogens (tertiary/aromatic N) is 1. The number of nitrogens with two attached hydrogens (primary N) is 1. The van der Waals surface area contributed by atoms with Crippen molar-refractivity contribution in [3.8, 4) is 0 Å². The lowest BCUT2D eigenvalue weighted by atomic mass is 10.1. The summed E-state index contributed by atoms with van der Waals surface area (Å²) in [4.78, 5) is 15.5. The van der Waals surface area contributed by atoms with Gasteiger partial charge in [0.15, 0.2) is 0 Å². The Balaban J connectivity index is 2.07. The van der Waals surface area contributed by atoms with E-state index >= 15 is 0 Å². The van der Waals surface area contributed by atoms with E-state index in [4.69, 9.17) is 17.3 Å². The van der Waals surface area contributed by atoms with Crippen molar-refractivity contribution in [3.63, 3.8) is 0 Å². The number of carbonyl (C=O) groups is 1. The van der Waals surface area contributed by atoms with Gasteiger partial charge < -0.3 is 10.6 Å². The molecule has 0 aliphatic carbocycles. The van der Waals surface area contributed by atoms with Gasteiger partial charge in [-0.1, -0.05) is 11.6 Å². The van der Waals surface area contributed by atoms with Crippen LogP contribution in [0, 0.1) is 5.92 Å². The molecule has 1 aliphatic heterocycles. The van der Waals surface area contributed by atoms with E-state index in [2.05, 4.69) is 6.92 Å². The molecule has 0 saturated carbocycles. The Kier molecular flexibility index (Phi) is 4.30. The first-order valence-corrected chi connectivity index (χ1v) is 7.48. The Morgan fingerprint density at radius 3 is 2.89 bits per heavy atom. The standard InChI is InChI=1S/C13H19ClN2OS/c1-8-5-10(6-15)7-16(8)13(17)9(2)11-3-4-12(14)18-11/h3-4,8-10H,5-7,15H2,1-2H3. The van der Waals surface area contributed by atoms with Crippen molar-refractivity contribution in [2.24, 2.45) is 11.7 Å². The van der Waals surface area contributed by atoms with Gasteiger partial charge in [0.1, 0.15) is 0 Å². The Labute approximate surface area is 117 Å². The van der Waals surface area contributed by atoms with E-state index in [-0.39, 0.29) is 11.8 Å². The van der Waals surface area contributed by atoms with Crippen molar-refractivity contribution in [1.82, 2.24) is 4.90 Å². The molecule has 18 heavy (non-hydrogen) atoms. The molecule has 2 N–H and O–H groups in total. The molecule has 1 aliphatic rings. The third-order valence-electron chi connectivity index (χ3n) is 3.67. The van der Waals surface area contributed by atoms with Gasteiger partial charge in [-0.2, -0.15) is 0 Å². The predicted molar refractivity (Wildman–Crippen MR) is 76.1 cm³/mol. The Bertz CT molecular complexity index is 434. The fourth-order valence-electron chi connectivity index (χ4n) is 2.55. The molecule has 1 aromatic heterocycles. The van der Waals surface area contributed by atoms with Crippen LogP contribution in [0.3, 0.4) is 0 Å². The minimum atomic E-state index is -0.110. The zero-order valence-electron chi connectivity index (χ0n) is 10.7. The van der Waals surface area contributed by atoms with E-state index in [0.717, 1.165) is 22.2 Å². The number of rotatable bonds is 3. The molecule has 2 rings (SSSR count). The molecule has 2 heterocycles. The predicted octanol–water partition coefficient (Wildman–Crippen LogP) is 2.70. The van der Waals surface area contributed by atoms with Crippen LogP contribution in [0.15, 0.2) is 12.1 Å². The summed E-state index contributed by atoms with van der Waals surface area (Å²) in [5.74, 6) is 0.529. The molecular formula is C13H19ClN2OS. The van der Waals surface area contributed by atoms with Crippen LogP contribution < -0.4 is 5.73 Å². The van der Waals surface area contributed by atoms with Crippen molar-refractivity contribution >= 4 is 28.8 Å². The van der Waals surface area contributed by atoms with Crippen LogP contribution in [0.2, 0.25) is 4.34 Å². The zero-order chi connectivity index (χ0) is 13.3. The van der Waals surface area contributed by atoms with Gasteiger partial charge in [0.05, 0.1) is 10.3 Å². The van der Waals surface area contributed by atoms with E-state index in [1.807, 2.05) is 24.0 Å². The lowest BCUT2D eigenvalue weighted by Gasteiger charge is -2.24. The highest BCUT2D eigenvalue weighted by Gasteiger charge is 2.34. The Morgan fingerprint density at radius 2 is 2.39 bits per heavy atom. The van der Waals surface area contributed by atoms with Crippen LogP contribution in [0.25, 0.3) is 0 Å². The second-order valence-electron chi connectivity index (χ2n) is 5.04. The highest BCUT2D eigenvalue weighted by molar-refractivity contribution is 7.16. The summed E-state index contributed by atoms with van der Waals surface area (Å²) in [6.07, 6.45) is 1.01. The van der Waals surface area contributed by atoms with E-state index in [1.54, 1.807) is 0 Å². The minimum Gasteiger partial charge on any atom is -0.339 e. The molecule has 0 spiro atoms. The molecule has 5 heteroatoms. The number of likely N-dealkylation sites (tertiary alicyclic amines) is 1. The third kappa shape index (κ3) is 2.71. The Morgan fingerprint density at radius 1 is 1.67 bits per heavy atom. The van der Waals surface area contributed by atoms with Crippen molar-refractivity contribution in [2.45, 2.75) is 32.2 Å². The average molecular weight is 287 g/mol. The maximum Gasteiger partial charge on any atom is 0.230 e. The first kappa shape index (κ1) is 13.8. The van der Waals surface area contributed by atoms with Gasteiger partial charge in [-0.25, -0.2) is 0 Å². The summed E-state index contributed by atoms with van der Waals surface area (Å²) < 4.78 is 0.735. The number of hydrogen-bond donors (Lipinski definition) is 1. The average Bonchev–Trinajstić information content (AvgIpc) is 2.93. The molecule has 1 fully saturated rings. The smallest absolute Gasteiger partial charge is 0.230 e. The summed E-state index contributed by atoms with van der Waals surface area (Å²) in [6.45, 7) is 5.50. The van der Waals surface area contributed by atoms with E-state index in [9.17, 15) is 4.79 Å². The van der Waals surface area contributed by atoms with E-state index < -0.39 is 0 Å². The van der Waals surface area contributed by atoms with Crippen molar-refractivity contribution in [2.75, 3.05) is 13.1 Å². The summed E-state index contributed by atoms with van der Waals surface area (Å²) in [5.41, 5.74) is 5.70. The van der Waals surface area contributed by atoms with E-state index in [1.165, 1.54) is 11.3 Å². The monoisotopic (exact) mass is 286 g/mol. The van der Waals surface area contributed by atoms with Gasteiger partial charge in [-0.3, -0.25) is 4.79 Å². The number of amides is 1. The number of halogens is 1. The van der Waals surface area contributed by atoms with Crippen molar-refractivity contribution in [1.29, 1.82) is 0 Å². The third-order valence-corrected chi connectivity index (χ3v) is 5.08. The second kappa shape index (κ2) is 5.59. The fourth-order valence-corrected chi connectivity index (χ4v) is 3.66. The van der Waals surface area contributed by atoms with Crippen molar-refractivity contribution < 1.29 is 4.79 Å². The van der Waals surface area contributed by atoms with Gasteiger partial charge in [0, 0.05) is 17.5 Å². The Hall–Kier alpha value is -0.580. The largest absolute Gasteiger partial charge is 0.339 e. The minimum absolute atomic E-state index is 0.110. The second-order valence-corrected chi connectivity index (χ2v) is 6.79. The van der Waals surface area contributed by atoms with Gasteiger partial charge in [-0.05, 0) is 44.9 Å². The molecule has 1 amide bonds. The molecule has 3 nitrogen and oxygen atoms in total. The highest BCUT2D eigenvalue weighted by Crippen LogP contribution is 2.32. The maximum atomic E-state index is 12.5. The van der Waals surface area contributed by atoms with Crippen LogP contribution in [0.5, 0.6) is 0 Å². The quantitative estimate of drug-likeness (QED) is 0.929. The van der Waals surface area contributed by atoms with Crippen LogP contribution >= 0.6 is 22.9 Å². The molecule has 100 valence electrons. The first-order chi connectivity index (χ1) is 8.52. The molecular weight excluding hydrogens is 268 g/mol. The number of carbonyl (C=O) groups excluding carboxylic acids is 1. The van der Waals surface area contributed by atoms with Gasteiger partial charge >= 0.3 is 0 Å². The lowest BCUT2D eigenvalue weighted by molar-refractivity contribution is -0.133. The molecule has 3 atom stereocenters. The molecule has 0 radical (unpaired) electrons. The summed E-state index contributed by atoms with van der Waals surface area (Å²) in [7, 11) is 0. The first-order valence-electron chi connectivity index (χ1n) is 6.28. The maximum absolute atomic E-state index is 12.5. The topological polar surface area (TPSA) is 46.3 Å². The van der Waals surface area contributed by atoms with Crippen LogP contribution in [0.1, 0.15) is 31.1 Å². The SMILES string of the molecule is CC(C(=O)N1CC(CN)CC1C)c1ccc(Cl)s1. The lowest BCUT2D eigenvalue weighted by Crippen LogP contribution is -2.37. The van der Waals surface area contributed by atoms with E-state index in [0.29, 0.717) is 18.5 Å². The summed E-state index contributed by atoms with van der Waals surface area (Å²) in [5, 5.41) is 0. The zero-order valence-corrected chi connectivity index (χ0v) is 12.3. The normalized spacial score (nSPS) is 25.4. The summed E-state index contributed by atoms with van der Waals surface area (Å²) in [6, 6.07) is 4.09. The molecule has 0 aromatic carbocycles. The van der Waals surface area contributed by atoms with Gasteiger partial charge in [-0.15, -0.1) is 11.3 Å². The molecule has 1 aromatic rings. The highest BCUT2D eigenvalue weighted by atomic mass is 35.5. The van der Waals surface area contributed by atoms with Crippen LogP contribution in [0.4, 0.5) is 0 Å². The van der Waals surface area contributed by atoms with Crippen LogP contribution in [-0.2, 0) is 4.79 Å². The van der Waals surface area contributed by atoms with Gasteiger partial charge in [0.25, 0.3) is 0 Å². The molecule has 3 unspecified atom stereocenters. The van der Waals surface area contributed by atoms with Crippen molar-refractivity contribution in [3.05, 3.63) is 21.3 Å². The number of hydrogen-bond acceptors (Lipinski definition) is 3. The van der Waals surface area contributed by atoms with Gasteiger partial charge in [0.2, 0.25) is 5.91 Å².